The minimum Gasteiger partial charge on any atom is -0.495 e. The lowest BCUT2D eigenvalue weighted by atomic mass is 10.0. The number of amides is 1. The Bertz CT molecular complexity index is 534. The van der Waals surface area contributed by atoms with E-state index in [-0.39, 0.29) is 12.5 Å². The maximum Gasteiger partial charge on any atom is 0.326 e. The summed E-state index contributed by atoms with van der Waals surface area (Å²) in [5, 5.41) is 15.0. The van der Waals surface area contributed by atoms with Crippen LogP contribution in [0.4, 0.5) is 5.69 Å². The molecule has 1 aromatic rings. The van der Waals surface area contributed by atoms with E-state index >= 15 is 0 Å². The summed E-state index contributed by atoms with van der Waals surface area (Å²) < 4.78 is 5.16. The van der Waals surface area contributed by atoms with Gasteiger partial charge >= 0.3 is 5.97 Å². The van der Waals surface area contributed by atoms with Crippen LogP contribution in [0.3, 0.4) is 0 Å². The highest BCUT2D eigenvalue weighted by molar-refractivity contribution is 6.30. The minimum absolute atomic E-state index is 0.0709. The van der Waals surface area contributed by atoms with Gasteiger partial charge in [0.15, 0.2) is 0 Å². The molecule has 1 atom stereocenters. The number of halogens is 1. The molecule has 0 radical (unpaired) electrons. The molecule has 0 aromatic heterocycles. The number of aliphatic carboxylic acids is 1. The van der Waals surface area contributed by atoms with Crippen LogP contribution in [0.25, 0.3) is 0 Å². The second-order valence-corrected chi connectivity index (χ2v) is 5.72. The Balaban J connectivity index is 2.62. The SMILES string of the molecule is COc1ccc(Cl)cc1NCC(=O)NC(CC(C)C)C(=O)O. The first-order valence-electron chi connectivity index (χ1n) is 6.93. The van der Waals surface area contributed by atoms with Gasteiger partial charge in [0, 0.05) is 5.02 Å². The molecule has 1 amide bonds. The van der Waals surface area contributed by atoms with E-state index in [1.54, 1.807) is 18.2 Å². The van der Waals surface area contributed by atoms with Crippen molar-refractivity contribution < 1.29 is 19.4 Å². The Labute approximate surface area is 134 Å². The van der Waals surface area contributed by atoms with Crippen molar-refractivity contribution in [3.63, 3.8) is 0 Å². The Kier molecular flexibility index (Phi) is 6.98. The van der Waals surface area contributed by atoms with Crippen LogP contribution in [0.15, 0.2) is 18.2 Å². The highest BCUT2D eigenvalue weighted by Gasteiger charge is 2.20. The van der Waals surface area contributed by atoms with Gasteiger partial charge < -0.3 is 20.5 Å². The van der Waals surface area contributed by atoms with Crippen LogP contribution in [-0.4, -0.2) is 36.7 Å². The number of rotatable bonds is 8. The third-order valence-electron chi connectivity index (χ3n) is 2.94. The quantitative estimate of drug-likeness (QED) is 0.682. The molecule has 22 heavy (non-hydrogen) atoms. The lowest BCUT2D eigenvalue weighted by Crippen LogP contribution is -2.44. The van der Waals surface area contributed by atoms with E-state index < -0.39 is 17.9 Å². The number of carbonyl (C=O) groups is 2. The zero-order valence-electron chi connectivity index (χ0n) is 12.9. The van der Waals surface area contributed by atoms with Crippen molar-refractivity contribution in [1.82, 2.24) is 5.32 Å². The number of benzene rings is 1. The number of carbonyl (C=O) groups excluding carboxylic acids is 1. The number of methoxy groups -OCH3 is 1. The van der Waals surface area contributed by atoms with Gasteiger partial charge in [-0.3, -0.25) is 4.79 Å². The smallest absolute Gasteiger partial charge is 0.326 e. The number of hydrogen-bond acceptors (Lipinski definition) is 4. The summed E-state index contributed by atoms with van der Waals surface area (Å²) in [6, 6.07) is 4.10. The van der Waals surface area contributed by atoms with Gasteiger partial charge in [-0.25, -0.2) is 4.79 Å². The maximum atomic E-state index is 11.9. The molecule has 0 aliphatic carbocycles. The number of nitrogens with one attached hydrogen (secondary N) is 2. The summed E-state index contributed by atoms with van der Waals surface area (Å²) >= 11 is 5.90. The van der Waals surface area contributed by atoms with Crippen LogP contribution in [0.2, 0.25) is 5.02 Å². The minimum atomic E-state index is -1.04. The van der Waals surface area contributed by atoms with E-state index in [0.29, 0.717) is 22.9 Å². The van der Waals surface area contributed by atoms with Gasteiger partial charge in [0.25, 0.3) is 0 Å². The van der Waals surface area contributed by atoms with Crippen molar-refractivity contribution in [3.05, 3.63) is 23.2 Å². The fourth-order valence-corrected chi connectivity index (χ4v) is 2.10. The fraction of sp³-hybridized carbons (Fsp3) is 0.467. The van der Waals surface area contributed by atoms with E-state index in [1.165, 1.54) is 7.11 Å². The van der Waals surface area contributed by atoms with E-state index in [4.69, 9.17) is 21.4 Å². The Morgan fingerprint density at radius 1 is 1.36 bits per heavy atom. The summed E-state index contributed by atoms with van der Waals surface area (Å²) in [5.74, 6) is -0.728. The summed E-state index contributed by atoms with van der Waals surface area (Å²) in [6.07, 6.45) is 0.377. The van der Waals surface area contributed by atoms with Gasteiger partial charge in [-0.2, -0.15) is 0 Å². The molecule has 1 rings (SSSR count). The topological polar surface area (TPSA) is 87.7 Å². The Morgan fingerprint density at radius 3 is 2.59 bits per heavy atom. The molecule has 0 heterocycles. The third-order valence-corrected chi connectivity index (χ3v) is 3.18. The van der Waals surface area contributed by atoms with Crippen molar-refractivity contribution in [2.24, 2.45) is 5.92 Å². The predicted octanol–water partition coefficient (Wildman–Crippen LogP) is 2.38. The maximum absolute atomic E-state index is 11.9. The molecule has 0 fully saturated rings. The van der Waals surface area contributed by atoms with Crippen LogP contribution in [0.1, 0.15) is 20.3 Å². The van der Waals surface area contributed by atoms with E-state index in [9.17, 15) is 9.59 Å². The Morgan fingerprint density at radius 2 is 2.05 bits per heavy atom. The fourth-order valence-electron chi connectivity index (χ4n) is 1.93. The van der Waals surface area contributed by atoms with Gasteiger partial charge in [-0.1, -0.05) is 25.4 Å². The van der Waals surface area contributed by atoms with Gasteiger partial charge in [-0.15, -0.1) is 0 Å². The molecule has 0 aliphatic heterocycles. The number of carboxylic acids is 1. The molecule has 0 bridgehead atoms. The second-order valence-electron chi connectivity index (χ2n) is 5.29. The third kappa shape index (κ3) is 5.81. The molecular weight excluding hydrogens is 308 g/mol. The normalized spacial score (nSPS) is 11.9. The first kappa shape index (κ1) is 18.1. The molecule has 1 unspecified atom stereocenters. The summed E-state index contributed by atoms with van der Waals surface area (Å²) in [6.45, 7) is 3.73. The number of anilines is 1. The predicted molar refractivity (Wildman–Crippen MR) is 85.5 cm³/mol. The van der Waals surface area contributed by atoms with Crippen LogP contribution in [0, 0.1) is 5.92 Å². The summed E-state index contributed by atoms with van der Waals surface area (Å²) in [5.41, 5.74) is 0.570. The van der Waals surface area contributed by atoms with Crippen molar-refractivity contribution in [1.29, 1.82) is 0 Å². The zero-order valence-corrected chi connectivity index (χ0v) is 13.6. The van der Waals surface area contributed by atoms with E-state index in [0.717, 1.165) is 0 Å². The molecule has 0 saturated heterocycles. The molecule has 7 heteroatoms. The molecule has 0 aliphatic rings. The van der Waals surface area contributed by atoms with Crippen molar-refractivity contribution in [2.45, 2.75) is 26.3 Å². The number of hydrogen-bond donors (Lipinski definition) is 3. The monoisotopic (exact) mass is 328 g/mol. The van der Waals surface area contributed by atoms with E-state index in [2.05, 4.69) is 10.6 Å². The number of ether oxygens (including phenoxy) is 1. The van der Waals surface area contributed by atoms with E-state index in [1.807, 2.05) is 13.8 Å². The van der Waals surface area contributed by atoms with Crippen molar-refractivity contribution in [2.75, 3.05) is 19.0 Å². The average molecular weight is 329 g/mol. The Hall–Kier alpha value is -1.95. The standard InChI is InChI=1S/C15H21ClN2O4/c1-9(2)6-12(15(20)21)18-14(19)8-17-11-7-10(16)4-5-13(11)22-3/h4-5,7,9,12,17H,6,8H2,1-3H3,(H,18,19)(H,20,21). The lowest BCUT2D eigenvalue weighted by Gasteiger charge is -2.17. The number of carboxylic acid groups (broad SMARTS) is 1. The van der Waals surface area contributed by atoms with Gasteiger partial charge in [0.05, 0.1) is 19.3 Å². The highest BCUT2D eigenvalue weighted by Crippen LogP contribution is 2.27. The van der Waals surface area contributed by atoms with Crippen molar-refractivity contribution >= 4 is 29.2 Å². The molecular formula is C15H21ClN2O4. The molecule has 3 N–H and O–H groups in total. The van der Waals surface area contributed by atoms with Crippen LogP contribution in [0.5, 0.6) is 5.75 Å². The average Bonchev–Trinajstić information content (AvgIpc) is 2.44. The zero-order chi connectivity index (χ0) is 16.7. The van der Waals surface area contributed by atoms with Crippen LogP contribution >= 0.6 is 11.6 Å². The molecule has 6 nitrogen and oxygen atoms in total. The van der Waals surface area contributed by atoms with Crippen LogP contribution < -0.4 is 15.4 Å². The van der Waals surface area contributed by atoms with Crippen LogP contribution in [-0.2, 0) is 9.59 Å². The highest BCUT2D eigenvalue weighted by atomic mass is 35.5. The largest absolute Gasteiger partial charge is 0.495 e. The molecule has 0 spiro atoms. The van der Waals surface area contributed by atoms with Gasteiger partial charge in [0.2, 0.25) is 5.91 Å². The first-order valence-corrected chi connectivity index (χ1v) is 7.30. The van der Waals surface area contributed by atoms with Crippen molar-refractivity contribution in [3.8, 4) is 5.75 Å². The molecule has 122 valence electrons. The summed E-state index contributed by atoms with van der Waals surface area (Å²) in [4.78, 5) is 23.0. The molecule has 0 saturated carbocycles. The lowest BCUT2D eigenvalue weighted by molar-refractivity contribution is -0.142. The first-order chi connectivity index (χ1) is 10.3. The molecule has 1 aromatic carbocycles. The van der Waals surface area contributed by atoms with Gasteiger partial charge in [0.1, 0.15) is 11.8 Å². The summed E-state index contributed by atoms with van der Waals surface area (Å²) in [7, 11) is 1.51. The van der Waals surface area contributed by atoms with Gasteiger partial charge in [-0.05, 0) is 30.5 Å². The second kappa shape index (κ2) is 8.48.